The van der Waals surface area contributed by atoms with E-state index in [1.165, 1.54) is 25.7 Å². The zero-order chi connectivity index (χ0) is 19.8. The number of benzene rings is 1. The number of hydrogen-bond acceptors (Lipinski definition) is 4. The summed E-state index contributed by atoms with van der Waals surface area (Å²) < 4.78 is 70.4. The van der Waals surface area contributed by atoms with Gasteiger partial charge in [0.05, 0.1) is 25.8 Å². The number of likely N-dealkylation sites (tertiary alicyclic amines) is 1. The minimum absolute atomic E-state index is 0.0133. The fraction of sp³-hybridized carbons (Fsp3) is 0.312. The lowest BCUT2D eigenvalue weighted by Gasteiger charge is -2.37. The van der Waals surface area contributed by atoms with Crippen molar-refractivity contribution in [2.24, 2.45) is 0 Å². The highest BCUT2D eigenvalue weighted by Gasteiger charge is 2.45. The van der Waals surface area contributed by atoms with Crippen molar-refractivity contribution in [3.05, 3.63) is 36.2 Å². The van der Waals surface area contributed by atoms with Crippen LogP contribution < -0.4 is 4.74 Å². The van der Waals surface area contributed by atoms with Gasteiger partial charge in [0.15, 0.2) is 5.82 Å². The Balaban J connectivity index is 1.78. The van der Waals surface area contributed by atoms with Crippen LogP contribution in [-0.4, -0.2) is 51.7 Å². The molecule has 0 N–H and O–H groups in total. The van der Waals surface area contributed by atoms with E-state index in [1.54, 1.807) is 0 Å². The highest BCUT2D eigenvalue weighted by molar-refractivity contribution is 5.90. The molecule has 1 aromatic carbocycles. The molecule has 11 heteroatoms. The van der Waals surface area contributed by atoms with Gasteiger partial charge in [-0.05, 0) is 18.2 Å². The molecule has 0 radical (unpaired) electrons. The Kier molecular flexibility index (Phi) is 4.62. The third kappa shape index (κ3) is 4.23. The highest BCUT2D eigenvalue weighted by atomic mass is 19.4. The first kappa shape index (κ1) is 18.8. The van der Waals surface area contributed by atoms with Crippen LogP contribution in [0.15, 0.2) is 30.6 Å². The van der Waals surface area contributed by atoms with Crippen molar-refractivity contribution in [2.75, 3.05) is 20.2 Å². The highest BCUT2D eigenvalue weighted by Crippen LogP contribution is 2.34. The molecule has 6 nitrogen and oxygen atoms in total. The molecule has 2 aromatic rings. The summed E-state index contributed by atoms with van der Waals surface area (Å²) in [7, 11) is 1.24. The molecule has 1 fully saturated rings. The zero-order valence-corrected chi connectivity index (χ0v) is 13.9. The third-order valence-electron chi connectivity index (χ3n) is 3.76. The van der Waals surface area contributed by atoms with Gasteiger partial charge in [-0.25, -0.2) is 18.4 Å². The van der Waals surface area contributed by atoms with Gasteiger partial charge in [0.25, 0.3) is 5.92 Å². The molecular weight excluding hydrogens is 375 g/mol. The minimum atomic E-state index is -4.57. The molecule has 27 heavy (non-hydrogen) atoms. The van der Waals surface area contributed by atoms with Gasteiger partial charge in [-0.2, -0.15) is 13.2 Å². The number of nitrogens with zero attached hydrogens (tertiary/aromatic N) is 4. The normalized spacial score (nSPS) is 16.4. The molecule has 1 aliphatic rings. The summed E-state index contributed by atoms with van der Waals surface area (Å²) >= 11 is 0. The number of amides is 1. The van der Waals surface area contributed by atoms with Crippen LogP contribution in [0.4, 0.5) is 22.0 Å². The number of carbonyl (C=O) groups is 1. The standard InChI is InChI=1S/C16H13F5N4O2/c1-27-12-5-10(4-11(6-12)16(19,20)21)14-22-9-25(23-14)3-2-13(26)24-7-15(17,18)8-24/h2-6,9H,7-8H2,1H3. The van der Waals surface area contributed by atoms with Gasteiger partial charge < -0.3 is 9.64 Å². The quantitative estimate of drug-likeness (QED) is 0.597. The topological polar surface area (TPSA) is 60.3 Å². The van der Waals surface area contributed by atoms with Gasteiger partial charge in [0, 0.05) is 17.8 Å². The maximum absolute atomic E-state index is 13.0. The van der Waals surface area contributed by atoms with Crippen molar-refractivity contribution in [1.29, 1.82) is 0 Å². The van der Waals surface area contributed by atoms with E-state index in [0.29, 0.717) is 0 Å². The summed E-state index contributed by atoms with van der Waals surface area (Å²) in [5.74, 6) is -3.53. The first-order valence-electron chi connectivity index (χ1n) is 7.60. The number of methoxy groups -OCH3 is 1. The van der Waals surface area contributed by atoms with Crippen LogP contribution in [0.2, 0.25) is 0 Å². The Labute approximate surface area is 149 Å². The van der Waals surface area contributed by atoms with E-state index in [0.717, 1.165) is 27.8 Å². The predicted octanol–water partition coefficient (Wildman–Crippen LogP) is 2.92. The molecule has 0 unspecified atom stereocenters. The lowest BCUT2D eigenvalue weighted by molar-refractivity contribution is -0.160. The Morgan fingerprint density at radius 3 is 2.56 bits per heavy atom. The lowest BCUT2D eigenvalue weighted by Crippen LogP contribution is -2.58. The fourth-order valence-electron chi connectivity index (χ4n) is 2.40. The molecule has 144 valence electrons. The first-order valence-corrected chi connectivity index (χ1v) is 7.60. The first-order chi connectivity index (χ1) is 12.6. The van der Waals surface area contributed by atoms with E-state index in [1.807, 2.05) is 0 Å². The van der Waals surface area contributed by atoms with E-state index >= 15 is 0 Å². The van der Waals surface area contributed by atoms with Gasteiger partial charge in [-0.3, -0.25) is 4.79 Å². The van der Waals surface area contributed by atoms with Crippen molar-refractivity contribution in [3.8, 4) is 17.1 Å². The molecule has 1 aliphatic heterocycles. The maximum Gasteiger partial charge on any atom is 0.416 e. The number of rotatable bonds is 4. The number of ether oxygens (including phenoxy) is 1. The summed E-state index contributed by atoms with van der Waals surface area (Å²) in [5.41, 5.74) is -0.847. The summed E-state index contributed by atoms with van der Waals surface area (Å²) in [5, 5.41) is 3.96. The molecule has 3 rings (SSSR count). The van der Waals surface area contributed by atoms with Crippen LogP contribution in [0.3, 0.4) is 0 Å². The molecule has 2 heterocycles. The van der Waals surface area contributed by atoms with Gasteiger partial charge >= 0.3 is 6.18 Å². The van der Waals surface area contributed by atoms with Crippen molar-refractivity contribution in [3.63, 3.8) is 0 Å². The summed E-state index contributed by atoms with van der Waals surface area (Å²) in [4.78, 5) is 16.6. The Morgan fingerprint density at radius 2 is 1.96 bits per heavy atom. The van der Waals surface area contributed by atoms with Crippen LogP contribution in [0.1, 0.15) is 5.56 Å². The molecule has 0 atom stereocenters. The number of carbonyl (C=O) groups excluding carboxylic acids is 1. The van der Waals surface area contributed by atoms with Crippen LogP contribution in [0.25, 0.3) is 17.6 Å². The number of hydrogen-bond donors (Lipinski definition) is 0. The SMILES string of the molecule is COc1cc(-c2ncn(C=CC(=O)N3CC(F)(F)C3)n2)cc(C(F)(F)F)c1. The number of aromatic nitrogens is 3. The van der Waals surface area contributed by atoms with Crippen LogP contribution >= 0.6 is 0 Å². The van der Waals surface area contributed by atoms with Gasteiger partial charge in [-0.15, -0.1) is 5.10 Å². The van der Waals surface area contributed by atoms with E-state index in [-0.39, 0.29) is 17.1 Å². The maximum atomic E-state index is 13.0. The molecular formula is C16H13F5N4O2. The monoisotopic (exact) mass is 388 g/mol. The average Bonchev–Trinajstić information content (AvgIpc) is 3.05. The van der Waals surface area contributed by atoms with Gasteiger partial charge in [-0.1, -0.05) is 0 Å². The molecule has 1 amide bonds. The van der Waals surface area contributed by atoms with E-state index in [2.05, 4.69) is 10.1 Å². The average molecular weight is 388 g/mol. The van der Waals surface area contributed by atoms with Crippen molar-refractivity contribution in [2.45, 2.75) is 12.1 Å². The second kappa shape index (κ2) is 6.63. The molecule has 0 saturated carbocycles. The second-order valence-corrected chi connectivity index (χ2v) is 5.86. The summed E-state index contributed by atoms with van der Waals surface area (Å²) in [6, 6.07) is 3.06. The van der Waals surface area contributed by atoms with E-state index in [9.17, 15) is 26.7 Å². The largest absolute Gasteiger partial charge is 0.497 e. The summed E-state index contributed by atoms with van der Waals surface area (Å²) in [6.07, 6.45) is -1.19. The predicted molar refractivity (Wildman–Crippen MR) is 83.9 cm³/mol. The van der Waals surface area contributed by atoms with Crippen LogP contribution in [-0.2, 0) is 11.0 Å². The summed E-state index contributed by atoms with van der Waals surface area (Å²) in [6.45, 7) is -1.30. The number of alkyl halides is 5. The fourth-order valence-corrected chi connectivity index (χ4v) is 2.40. The second-order valence-electron chi connectivity index (χ2n) is 5.86. The lowest BCUT2D eigenvalue weighted by atomic mass is 10.1. The number of halogens is 5. The molecule has 0 bridgehead atoms. The van der Waals surface area contributed by atoms with Gasteiger partial charge in [0.2, 0.25) is 5.91 Å². The Bertz CT molecular complexity index is 883. The Morgan fingerprint density at radius 1 is 1.26 bits per heavy atom. The molecule has 0 aliphatic carbocycles. The van der Waals surface area contributed by atoms with Crippen LogP contribution in [0.5, 0.6) is 5.75 Å². The van der Waals surface area contributed by atoms with Gasteiger partial charge in [0.1, 0.15) is 12.1 Å². The molecule has 1 aromatic heterocycles. The van der Waals surface area contributed by atoms with Crippen molar-refractivity contribution in [1.82, 2.24) is 19.7 Å². The van der Waals surface area contributed by atoms with Crippen LogP contribution in [0, 0.1) is 0 Å². The molecule has 1 saturated heterocycles. The molecule has 0 spiro atoms. The minimum Gasteiger partial charge on any atom is -0.497 e. The van der Waals surface area contributed by atoms with E-state index < -0.39 is 36.7 Å². The van der Waals surface area contributed by atoms with Crippen molar-refractivity contribution >= 4 is 12.1 Å². The van der Waals surface area contributed by atoms with E-state index in [4.69, 9.17) is 4.74 Å². The third-order valence-corrected chi connectivity index (χ3v) is 3.76. The smallest absolute Gasteiger partial charge is 0.416 e. The zero-order valence-electron chi connectivity index (χ0n) is 13.9. The van der Waals surface area contributed by atoms with Crippen molar-refractivity contribution < 1.29 is 31.5 Å². The Hall–Kier alpha value is -2.98.